The minimum absolute atomic E-state index is 0.0277. The predicted molar refractivity (Wildman–Crippen MR) is 121 cm³/mol. The first-order chi connectivity index (χ1) is 14.7. The van der Waals surface area contributed by atoms with Gasteiger partial charge in [0.2, 0.25) is 0 Å². The van der Waals surface area contributed by atoms with Crippen molar-refractivity contribution in [1.29, 1.82) is 0 Å². The van der Waals surface area contributed by atoms with Gasteiger partial charge in [0.1, 0.15) is 0 Å². The maximum atomic E-state index is 13.3. The quantitative estimate of drug-likeness (QED) is 0.469. The minimum atomic E-state index is -3.81. The molecule has 0 amide bonds. The molecule has 1 aliphatic heterocycles. The number of rotatable bonds is 7. The van der Waals surface area contributed by atoms with E-state index in [9.17, 15) is 16.8 Å². The van der Waals surface area contributed by atoms with Crippen LogP contribution in [0.15, 0.2) is 70.2 Å². The largest absolute Gasteiger partial charge is 0.270 e. The van der Waals surface area contributed by atoms with Crippen LogP contribution in [-0.4, -0.2) is 38.5 Å². The summed E-state index contributed by atoms with van der Waals surface area (Å²) in [6, 6.07) is 13.2. The van der Waals surface area contributed by atoms with Gasteiger partial charge in [-0.2, -0.15) is 0 Å². The monoisotopic (exact) mass is 458 g/mol. The Kier molecular flexibility index (Phi) is 6.77. The average molecular weight is 459 g/mol. The van der Waals surface area contributed by atoms with E-state index in [0.29, 0.717) is 25.0 Å². The van der Waals surface area contributed by atoms with Crippen molar-refractivity contribution in [3.05, 3.63) is 71.6 Å². The molecule has 31 heavy (non-hydrogen) atoms. The van der Waals surface area contributed by atoms with Crippen LogP contribution >= 0.6 is 0 Å². The van der Waals surface area contributed by atoms with Crippen molar-refractivity contribution < 1.29 is 16.8 Å². The van der Waals surface area contributed by atoms with Crippen LogP contribution in [0.5, 0.6) is 0 Å². The fraction of sp³-hybridized carbons (Fsp3) is 0.304. The van der Waals surface area contributed by atoms with Crippen LogP contribution in [0.25, 0.3) is 0 Å². The smallest absolute Gasteiger partial charge is 0.264 e. The molecule has 0 aliphatic carbocycles. The van der Waals surface area contributed by atoms with E-state index in [1.165, 1.54) is 14.8 Å². The lowest BCUT2D eigenvalue weighted by Gasteiger charge is -2.35. The lowest BCUT2D eigenvalue weighted by Crippen LogP contribution is -2.43. The molecule has 3 rings (SSSR count). The van der Waals surface area contributed by atoms with Gasteiger partial charge in [-0.15, -0.1) is 12.3 Å². The second-order valence-corrected chi connectivity index (χ2v) is 11.3. The third kappa shape index (κ3) is 4.94. The van der Waals surface area contributed by atoms with Crippen LogP contribution in [0.4, 0.5) is 0 Å². The Bertz CT molecular complexity index is 1210. The topological polar surface area (TPSA) is 74.8 Å². The molecule has 2 aromatic rings. The van der Waals surface area contributed by atoms with Gasteiger partial charge in [0.15, 0.2) is 0 Å². The van der Waals surface area contributed by atoms with Crippen molar-refractivity contribution in [3.63, 3.8) is 0 Å². The molecule has 8 heteroatoms. The number of sulfonamides is 2. The lowest BCUT2D eigenvalue weighted by molar-refractivity contribution is 0.375. The molecular weight excluding hydrogens is 432 g/mol. The standard InChI is InChI=1S/C23H26N2O4S2/c1-4-5-6-7-21-18-24(30(26,27)22-12-8-19(2)9-13-22)16-17-25(21)31(28,29)23-14-10-20(3)11-15-23/h1,8-15,18H,5-7,16-17H2,2-3H3. The van der Waals surface area contributed by atoms with E-state index in [1.54, 1.807) is 48.5 Å². The zero-order valence-corrected chi connectivity index (χ0v) is 19.3. The number of nitrogens with zero attached hydrogens (tertiary/aromatic N) is 2. The molecule has 1 aliphatic rings. The number of terminal acetylenes is 1. The Hall–Kier alpha value is -2.76. The van der Waals surface area contributed by atoms with Gasteiger partial charge < -0.3 is 0 Å². The maximum absolute atomic E-state index is 13.3. The molecule has 0 bridgehead atoms. The molecule has 0 aromatic heterocycles. The van der Waals surface area contributed by atoms with E-state index < -0.39 is 20.0 Å². The molecule has 0 spiro atoms. The summed E-state index contributed by atoms with van der Waals surface area (Å²) in [5.41, 5.74) is 2.33. The van der Waals surface area contributed by atoms with Crippen molar-refractivity contribution in [1.82, 2.24) is 8.61 Å². The van der Waals surface area contributed by atoms with E-state index in [4.69, 9.17) is 6.42 Å². The number of unbranched alkanes of at least 4 members (excludes halogenated alkanes) is 1. The van der Waals surface area contributed by atoms with E-state index in [2.05, 4.69) is 5.92 Å². The highest BCUT2D eigenvalue weighted by molar-refractivity contribution is 7.89. The van der Waals surface area contributed by atoms with E-state index >= 15 is 0 Å². The van der Waals surface area contributed by atoms with Gasteiger partial charge in [-0.3, -0.25) is 8.61 Å². The van der Waals surface area contributed by atoms with Crippen LogP contribution in [-0.2, 0) is 20.0 Å². The Morgan fingerprint density at radius 3 is 1.87 bits per heavy atom. The molecule has 0 unspecified atom stereocenters. The zero-order valence-electron chi connectivity index (χ0n) is 17.7. The van der Waals surface area contributed by atoms with E-state index in [1.807, 2.05) is 13.8 Å². The molecule has 0 saturated carbocycles. The number of allylic oxidation sites excluding steroid dienone is 1. The van der Waals surface area contributed by atoms with Gasteiger partial charge in [-0.1, -0.05) is 35.4 Å². The van der Waals surface area contributed by atoms with Gasteiger partial charge >= 0.3 is 0 Å². The Labute approximate surface area is 185 Å². The summed E-state index contributed by atoms with van der Waals surface area (Å²) in [6.07, 6.45) is 8.16. The molecule has 0 N–H and O–H groups in total. The normalized spacial score (nSPS) is 14.8. The minimum Gasteiger partial charge on any atom is -0.270 e. The Morgan fingerprint density at radius 2 is 1.35 bits per heavy atom. The SMILES string of the molecule is C#CCCCC1=CN(S(=O)(=O)c2ccc(C)cc2)CCN1S(=O)(=O)c1ccc(C)cc1. The molecule has 0 saturated heterocycles. The van der Waals surface area contributed by atoms with Crippen LogP contribution < -0.4 is 0 Å². The maximum Gasteiger partial charge on any atom is 0.264 e. The van der Waals surface area contributed by atoms with Crippen molar-refractivity contribution in [2.45, 2.75) is 42.9 Å². The predicted octanol–water partition coefficient (Wildman–Crippen LogP) is 3.64. The van der Waals surface area contributed by atoms with Crippen LogP contribution in [0.3, 0.4) is 0 Å². The number of hydrogen-bond acceptors (Lipinski definition) is 4. The second kappa shape index (κ2) is 9.16. The van der Waals surface area contributed by atoms with Crippen LogP contribution in [0, 0.1) is 26.2 Å². The summed E-state index contributed by atoms with van der Waals surface area (Å²) in [7, 11) is -7.60. The number of aryl methyl sites for hydroxylation is 2. The first kappa shape index (κ1) is 22.9. The van der Waals surface area contributed by atoms with Crippen molar-refractivity contribution in [3.8, 4) is 12.3 Å². The Balaban J connectivity index is 1.98. The van der Waals surface area contributed by atoms with Gasteiger partial charge in [-0.25, -0.2) is 16.8 Å². The third-order valence-electron chi connectivity index (χ3n) is 5.13. The molecule has 6 nitrogen and oxygen atoms in total. The first-order valence-corrected chi connectivity index (χ1v) is 12.9. The Morgan fingerprint density at radius 1 is 0.839 bits per heavy atom. The molecule has 164 valence electrons. The fourth-order valence-corrected chi connectivity index (χ4v) is 6.17. The molecule has 2 aromatic carbocycles. The summed E-state index contributed by atoms with van der Waals surface area (Å²) in [4.78, 5) is 0.350. The summed E-state index contributed by atoms with van der Waals surface area (Å²) >= 11 is 0. The summed E-state index contributed by atoms with van der Waals surface area (Å²) < 4.78 is 55.3. The van der Waals surface area contributed by atoms with Gasteiger partial charge in [-0.05, 0) is 51.0 Å². The van der Waals surface area contributed by atoms with E-state index in [0.717, 1.165) is 11.1 Å². The number of benzene rings is 2. The summed E-state index contributed by atoms with van der Waals surface area (Å²) in [5.74, 6) is 2.54. The number of hydrogen-bond donors (Lipinski definition) is 0. The highest BCUT2D eigenvalue weighted by Gasteiger charge is 2.33. The summed E-state index contributed by atoms with van der Waals surface area (Å²) in [5, 5.41) is 0. The molecule has 0 fully saturated rings. The van der Waals surface area contributed by atoms with Crippen molar-refractivity contribution in [2.75, 3.05) is 13.1 Å². The highest BCUT2D eigenvalue weighted by Crippen LogP contribution is 2.29. The van der Waals surface area contributed by atoms with Gasteiger partial charge in [0, 0.05) is 18.3 Å². The van der Waals surface area contributed by atoms with Gasteiger partial charge in [0.05, 0.1) is 22.9 Å². The van der Waals surface area contributed by atoms with Crippen molar-refractivity contribution in [2.24, 2.45) is 0 Å². The molecule has 0 atom stereocenters. The van der Waals surface area contributed by atoms with Crippen LogP contribution in [0.2, 0.25) is 0 Å². The van der Waals surface area contributed by atoms with Gasteiger partial charge in [0.25, 0.3) is 20.0 Å². The van der Waals surface area contributed by atoms with E-state index in [-0.39, 0.29) is 22.9 Å². The molecule has 0 radical (unpaired) electrons. The zero-order chi connectivity index (χ0) is 22.6. The third-order valence-corrected chi connectivity index (χ3v) is 8.77. The lowest BCUT2D eigenvalue weighted by atomic mass is 10.2. The summed E-state index contributed by atoms with van der Waals surface area (Å²) in [6.45, 7) is 3.83. The fourth-order valence-electron chi connectivity index (χ4n) is 3.34. The van der Waals surface area contributed by atoms with Crippen molar-refractivity contribution >= 4 is 20.0 Å². The van der Waals surface area contributed by atoms with Crippen LogP contribution in [0.1, 0.15) is 30.4 Å². The highest BCUT2D eigenvalue weighted by atomic mass is 32.2. The average Bonchev–Trinajstić information content (AvgIpc) is 2.74. The molecular formula is C23H26N2O4S2. The molecule has 1 heterocycles. The first-order valence-electron chi connectivity index (χ1n) is 9.98. The second-order valence-electron chi connectivity index (χ2n) is 7.50.